The number of guanidine groups is 1. The van der Waals surface area contributed by atoms with E-state index in [0.717, 1.165) is 25.2 Å². The van der Waals surface area contributed by atoms with E-state index in [2.05, 4.69) is 44.1 Å². The number of halogens is 1. The first-order valence-electron chi connectivity index (χ1n) is 6.79. The Labute approximate surface area is 142 Å². The molecule has 0 spiro atoms. The minimum atomic E-state index is 0. The van der Waals surface area contributed by atoms with Crippen LogP contribution in [-0.2, 0) is 19.5 Å². The lowest BCUT2D eigenvalue weighted by atomic mass is 10.1. The van der Waals surface area contributed by atoms with Gasteiger partial charge in [0, 0.05) is 26.0 Å². The van der Waals surface area contributed by atoms with Gasteiger partial charge in [0.15, 0.2) is 5.96 Å². The predicted molar refractivity (Wildman–Crippen MR) is 96.8 cm³/mol. The number of aryl methyl sites for hydroxylation is 2. The third-order valence-corrected chi connectivity index (χ3v) is 3.18. The minimum absolute atomic E-state index is 0. The van der Waals surface area contributed by atoms with Crippen LogP contribution in [0.2, 0.25) is 0 Å². The smallest absolute Gasteiger partial charge is 0.188 e. The second kappa shape index (κ2) is 9.38. The molecule has 0 saturated carbocycles. The summed E-state index contributed by atoms with van der Waals surface area (Å²) in [5.41, 5.74) is 6.99. The molecule has 0 unspecified atom stereocenters. The van der Waals surface area contributed by atoms with E-state index in [4.69, 9.17) is 5.73 Å². The van der Waals surface area contributed by atoms with Crippen molar-refractivity contribution in [1.82, 2.24) is 14.9 Å². The monoisotopic (exact) mass is 399 g/mol. The standard InChI is InChI=1S/C15H21N5.HI/c1-17-15(16)19-12-14-18-9-11-20(14)10-5-8-13-6-3-2-4-7-13;/h2-4,6-7,9,11H,5,8,10,12H2,1H3,(H3,16,17,19);1H. The third kappa shape index (κ3) is 5.74. The quantitative estimate of drug-likeness (QED) is 0.445. The van der Waals surface area contributed by atoms with E-state index < -0.39 is 0 Å². The Morgan fingerprint density at radius 1 is 1.33 bits per heavy atom. The van der Waals surface area contributed by atoms with E-state index >= 15 is 0 Å². The van der Waals surface area contributed by atoms with Crippen molar-refractivity contribution in [3.63, 3.8) is 0 Å². The number of nitrogens with one attached hydrogen (secondary N) is 1. The number of aliphatic imine (C=N–C) groups is 1. The Balaban J connectivity index is 0.00000220. The zero-order valence-corrected chi connectivity index (χ0v) is 14.5. The number of imidazole rings is 1. The SMILES string of the molecule is CN=C(N)NCc1nccn1CCCc1ccccc1.I. The summed E-state index contributed by atoms with van der Waals surface area (Å²) in [6, 6.07) is 10.5. The maximum atomic E-state index is 5.62. The van der Waals surface area contributed by atoms with Gasteiger partial charge in [-0.1, -0.05) is 30.3 Å². The first-order chi connectivity index (χ1) is 9.79. The molecule has 0 fully saturated rings. The molecule has 6 heteroatoms. The molecule has 5 nitrogen and oxygen atoms in total. The van der Waals surface area contributed by atoms with Gasteiger partial charge >= 0.3 is 0 Å². The summed E-state index contributed by atoms with van der Waals surface area (Å²) >= 11 is 0. The molecule has 0 atom stereocenters. The van der Waals surface area contributed by atoms with Gasteiger partial charge in [-0.2, -0.15) is 0 Å². The number of rotatable bonds is 6. The molecule has 1 aromatic carbocycles. The lowest BCUT2D eigenvalue weighted by Crippen LogP contribution is -2.31. The average Bonchev–Trinajstić information content (AvgIpc) is 2.93. The molecule has 1 aromatic heterocycles. The van der Waals surface area contributed by atoms with Crippen molar-refractivity contribution in [2.45, 2.75) is 25.9 Å². The number of aromatic nitrogens is 2. The molecular formula is C15H22IN5. The lowest BCUT2D eigenvalue weighted by molar-refractivity contribution is 0.602. The topological polar surface area (TPSA) is 68.2 Å². The summed E-state index contributed by atoms with van der Waals surface area (Å²) in [5, 5.41) is 3.03. The summed E-state index contributed by atoms with van der Waals surface area (Å²) in [6.45, 7) is 1.55. The molecule has 0 aliphatic heterocycles. The van der Waals surface area contributed by atoms with Gasteiger partial charge in [-0.05, 0) is 18.4 Å². The van der Waals surface area contributed by atoms with Crippen LogP contribution in [0.25, 0.3) is 0 Å². The number of hydrogen-bond acceptors (Lipinski definition) is 2. The van der Waals surface area contributed by atoms with Gasteiger partial charge in [-0.25, -0.2) is 4.98 Å². The van der Waals surface area contributed by atoms with Gasteiger partial charge in [0.1, 0.15) is 5.82 Å². The Kier molecular flexibility index (Phi) is 7.81. The fourth-order valence-corrected chi connectivity index (χ4v) is 2.06. The zero-order valence-electron chi connectivity index (χ0n) is 12.2. The van der Waals surface area contributed by atoms with Gasteiger partial charge in [-0.15, -0.1) is 24.0 Å². The van der Waals surface area contributed by atoms with E-state index in [1.807, 2.05) is 18.5 Å². The summed E-state index contributed by atoms with van der Waals surface area (Å²) in [4.78, 5) is 8.20. The van der Waals surface area contributed by atoms with Crippen molar-refractivity contribution in [2.24, 2.45) is 10.7 Å². The van der Waals surface area contributed by atoms with Crippen molar-refractivity contribution < 1.29 is 0 Å². The highest BCUT2D eigenvalue weighted by Crippen LogP contribution is 2.05. The average molecular weight is 399 g/mol. The van der Waals surface area contributed by atoms with E-state index in [1.165, 1.54) is 5.56 Å². The van der Waals surface area contributed by atoms with Crippen LogP contribution in [0.3, 0.4) is 0 Å². The number of nitrogens with zero attached hydrogens (tertiary/aromatic N) is 3. The van der Waals surface area contributed by atoms with Crippen LogP contribution >= 0.6 is 24.0 Å². The van der Waals surface area contributed by atoms with Gasteiger partial charge in [-0.3, -0.25) is 4.99 Å². The maximum absolute atomic E-state index is 5.62. The molecular weight excluding hydrogens is 377 g/mol. The molecule has 21 heavy (non-hydrogen) atoms. The van der Waals surface area contributed by atoms with Gasteiger partial charge in [0.05, 0.1) is 6.54 Å². The van der Waals surface area contributed by atoms with Crippen molar-refractivity contribution in [3.05, 3.63) is 54.1 Å². The van der Waals surface area contributed by atoms with Gasteiger partial charge < -0.3 is 15.6 Å². The van der Waals surface area contributed by atoms with E-state index in [9.17, 15) is 0 Å². The molecule has 3 N–H and O–H groups in total. The van der Waals surface area contributed by atoms with Crippen molar-refractivity contribution >= 4 is 29.9 Å². The van der Waals surface area contributed by atoms with Crippen LogP contribution in [0, 0.1) is 0 Å². The Bertz CT molecular complexity index is 550. The van der Waals surface area contributed by atoms with Gasteiger partial charge in [0.2, 0.25) is 0 Å². The molecule has 0 aliphatic rings. The van der Waals surface area contributed by atoms with Crippen LogP contribution in [-0.4, -0.2) is 22.6 Å². The summed E-state index contributed by atoms with van der Waals surface area (Å²) in [5.74, 6) is 1.41. The van der Waals surface area contributed by atoms with Crippen LogP contribution < -0.4 is 11.1 Å². The molecule has 2 aromatic rings. The molecule has 0 aliphatic carbocycles. The Hall–Kier alpha value is -1.57. The highest BCUT2D eigenvalue weighted by Gasteiger charge is 2.03. The Morgan fingerprint density at radius 2 is 2.10 bits per heavy atom. The van der Waals surface area contributed by atoms with E-state index in [-0.39, 0.29) is 24.0 Å². The molecule has 114 valence electrons. The number of nitrogens with two attached hydrogens (primary N) is 1. The van der Waals surface area contributed by atoms with E-state index in [0.29, 0.717) is 12.5 Å². The second-order valence-corrected chi connectivity index (χ2v) is 4.59. The minimum Gasteiger partial charge on any atom is -0.370 e. The van der Waals surface area contributed by atoms with Gasteiger partial charge in [0.25, 0.3) is 0 Å². The van der Waals surface area contributed by atoms with Crippen molar-refractivity contribution in [3.8, 4) is 0 Å². The normalized spacial score (nSPS) is 11.0. The fraction of sp³-hybridized carbons (Fsp3) is 0.333. The highest BCUT2D eigenvalue weighted by atomic mass is 127. The molecule has 1 heterocycles. The van der Waals surface area contributed by atoms with Crippen molar-refractivity contribution in [1.29, 1.82) is 0 Å². The first-order valence-corrected chi connectivity index (χ1v) is 6.79. The lowest BCUT2D eigenvalue weighted by Gasteiger charge is -2.09. The fourth-order valence-electron chi connectivity index (χ4n) is 2.06. The second-order valence-electron chi connectivity index (χ2n) is 4.59. The summed E-state index contributed by atoms with van der Waals surface area (Å²) in [7, 11) is 1.66. The Morgan fingerprint density at radius 3 is 2.81 bits per heavy atom. The zero-order chi connectivity index (χ0) is 14.2. The van der Waals surface area contributed by atoms with Crippen LogP contribution in [0.5, 0.6) is 0 Å². The maximum Gasteiger partial charge on any atom is 0.188 e. The molecule has 0 radical (unpaired) electrons. The molecule has 0 bridgehead atoms. The summed E-state index contributed by atoms with van der Waals surface area (Å²) < 4.78 is 2.15. The van der Waals surface area contributed by atoms with Crippen molar-refractivity contribution in [2.75, 3.05) is 7.05 Å². The molecule has 2 rings (SSSR count). The third-order valence-electron chi connectivity index (χ3n) is 3.18. The molecule has 0 saturated heterocycles. The summed E-state index contributed by atoms with van der Waals surface area (Å²) in [6.07, 6.45) is 5.98. The first kappa shape index (κ1) is 17.5. The number of benzene rings is 1. The predicted octanol–water partition coefficient (Wildman–Crippen LogP) is 2.17. The van der Waals surface area contributed by atoms with E-state index in [1.54, 1.807) is 7.05 Å². The number of hydrogen-bond donors (Lipinski definition) is 2. The van der Waals surface area contributed by atoms with Crippen LogP contribution in [0.15, 0.2) is 47.7 Å². The highest BCUT2D eigenvalue weighted by molar-refractivity contribution is 14.0. The molecule has 0 amide bonds. The van der Waals surface area contributed by atoms with Crippen LogP contribution in [0.4, 0.5) is 0 Å². The van der Waals surface area contributed by atoms with Crippen LogP contribution in [0.1, 0.15) is 17.8 Å². The largest absolute Gasteiger partial charge is 0.370 e.